The quantitative estimate of drug-likeness (QED) is 0.358. The Labute approximate surface area is 114 Å². The van der Waals surface area contributed by atoms with Crippen LogP contribution in [0.3, 0.4) is 0 Å². The molecule has 0 amide bonds. The van der Waals surface area contributed by atoms with E-state index in [0.717, 1.165) is 25.7 Å². The van der Waals surface area contributed by atoms with Gasteiger partial charge in [-0.3, -0.25) is 0 Å². The average molecular weight is 252 g/mol. The molecule has 1 N–H and O–H groups in total. The van der Waals surface area contributed by atoms with Crippen LogP contribution in [-0.2, 0) is 0 Å². The summed E-state index contributed by atoms with van der Waals surface area (Å²) < 4.78 is 0. The zero-order chi connectivity index (χ0) is 13.5. The van der Waals surface area contributed by atoms with Crippen molar-refractivity contribution in [3.63, 3.8) is 0 Å². The number of hydrogen-bond acceptors (Lipinski definition) is 1. The van der Waals surface area contributed by atoms with Crippen LogP contribution in [0.1, 0.15) is 90.4 Å². The molecule has 0 radical (unpaired) electrons. The lowest BCUT2D eigenvalue weighted by Gasteiger charge is -2.09. The molecule has 0 saturated heterocycles. The first kappa shape index (κ1) is 17.5. The summed E-state index contributed by atoms with van der Waals surface area (Å²) >= 11 is 0. The number of rotatable bonds is 13. The highest BCUT2D eigenvalue weighted by Crippen LogP contribution is 2.13. The normalized spacial score (nSPS) is 12.3. The fraction of sp³-hybridized carbons (Fsp3) is 0.882. The third-order valence-electron chi connectivity index (χ3n) is 3.50. The minimum absolute atomic E-state index is 0.122. The zero-order valence-electron chi connectivity index (χ0n) is 12.3. The molecule has 0 fully saturated rings. The van der Waals surface area contributed by atoms with Gasteiger partial charge in [-0.05, 0) is 19.3 Å². The summed E-state index contributed by atoms with van der Waals surface area (Å²) in [4.78, 5) is 0. The van der Waals surface area contributed by atoms with Gasteiger partial charge in [0, 0.05) is 6.42 Å². The van der Waals surface area contributed by atoms with Crippen LogP contribution in [-0.4, -0.2) is 11.2 Å². The predicted molar refractivity (Wildman–Crippen MR) is 80.5 cm³/mol. The van der Waals surface area contributed by atoms with Crippen LogP contribution in [0.4, 0.5) is 0 Å². The van der Waals surface area contributed by atoms with Gasteiger partial charge in [-0.15, -0.1) is 12.3 Å². The highest BCUT2D eigenvalue weighted by Gasteiger charge is 2.02. The van der Waals surface area contributed by atoms with Gasteiger partial charge in [0.2, 0.25) is 0 Å². The summed E-state index contributed by atoms with van der Waals surface area (Å²) in [5.41, 5.74) is 0. The van der Waals surface area contributed by atoms with Crippen LogP contribution in [0.5, 0.6) is 0 Å². The lowest BCUT2D eigenvalue weighted by molar-refractivity contribution is 0.148. The van der Waals surface area contributed by atoms with E-state index in [2.05, 4.69) is 12.8 Å². The Morgan fingerprint density at radius 1 is 0.833 bits per heavy atom. The molecule has 0 aromatic carbocycles. The fourth-order valence-corrected chi connectivity index (χ4v) is 2.27. The molecular weight excluding hydrogens is 220 g/mol. The predicted octanol–water partition coefficient (Wildman–Crippen LogP) is 5.07. The first-order valence-electron chi connectivity index (χ1n) is 7.92. The van der Waals surface area contributed by atoms with E-state index in [-0.39, 0.29) is 6.10 Å². The molecule has 0 rings (SSSR count). The molecule has 0 saturated carbocycles. The highest BCUT2D eigenvalue weighted by atomic mass is 16.3. The Balaban J connectivity index is 3.08. The smallest absolute Gasteiger partial charge is 0.0540 e. The second-order valence-corrected chi connectivity index (χ2v) is 5.37. The molecule has 1 atom stereocenters. The van der Waals surface area contributed by atoms with Crippen molar-refractivity contribution in [1.29, 1.82) is 0 Å². The number of terminal acetylenes is 1. The molecule has 0 spiro atoms. The van der Waals surface area contributed by atoms with Gasteiger partial charge in [-0.25, -0.2) is 0 Å². The van der Waals surface area contributed by atoms with E-state index < -0.39 is 0 Å². The summed E-state index contributed by atoms with van der Waals surface area (Å²) in [6.45, 7) is 2.26. The van der Waals surface area contributed by atoms with Gasteiger partial charge in [-0.2, -0.15) is 0 Å². The van der Waals surface area contributed by atoms with Gasteiger partial charge < -0.3 is 5.11 Å². The number of aliphatic hydroxyl groups is 1. The topological polar surface area (TPSA) is 20.2 Å². The molecule has 1 heteroatoms. The molecule has 1 nitrogen and oxygen atoms in total. The first-order chi connectivity index (χ1) is 8.81. The van der Waals surface area contributed by atoms with Crippen molar-refractivity contribution in [2.75, 3.05) is 0 Å². The van der Waals surface area contributed by atoms with E-state index in [9.17, 15) is 5.11 Å². The Morgan fingerprint density at radius 2 is 1.33 bits per heavy atom. The molecule has 0 aromatic heterocycles. The fourth-order valence-electron chi connectivity index (χ4n) is 2.27. The van der Waals surface area contributed by atoms with Crippen molar-refractivity contribution in [3.8, 4) is 12.3 Å². The molecule has 0 aliphatic carbocycles. The van der Waals surface area contributed by atoms with E-state index in [4.69, 9.17) is 6.42 Å². The second-order valence-electron chi connectivity index (χ2n) is 5.37. The Bertz CT molecular complexity index is 192. The van der Waals surface area contributed by atoms with E-state index in [0.29, 0.717) is 0 Å². The molecule has 18 heavy (non-hydrogen) atoms. The molecular formula is C17H32O. The second kappa shape index (κ2) is 14.6. The Morgan fingerprint density at radius 3 is 1.89 bits per heavy atom. The summed E-state index contributed by atoms with van der Waals surface area (Å²) in [7, 11) is 0. The number of aliphatic hydroxyl groups excluding tert-OH is 1. The SMILES string of the molecule is C#CCCCC(O)CCCCCCCCCCC. The monoisotopic (exact) mass is 252 g/mol. The van der Waals surface area contributed by atoms with E-state index in [1.54, 1.807) is 0 Å². The van der Waals surface area contributed by atoms with Crippen molar-refractivity contribution in [2.24, 2.45) is 0 Å². The lowest BCUT2D eigenvalue weighted by atomic mass is 10.0. The van der Waals surface area contributed by atoms with Crippen LogP contribution in [0, 0.1) is 12.3 Å². The van der Waals surface area contributed by atoms with Crippen molar-refractivity contribution in [1.82, 2.24) is 0 Å². The molecule has 0 heterocycles. The zero-order valence-corrected chi connectivity index (χ0v) is 12.3. The molecule has 0 aliphatic heterocycles. The van der Waals surface area contributed by atoms with E-state index in [1.165, 1.54) is 57.8 Å². The Kier molecular flexibility index (Phi) is 14.2. The maximum absolute atomic E-state index is 9.71. The molecule has 0 aromatic rings. The van der Waals surface area contributed by atoms with Gasteiger partial charge >= 0.3 is 0 Å². The minimum Gasteiger partial charge on any atom is -0.393 e. The van der Waals surface area contributed by atoms with Crippen LogP contribution in [0.25, 0.3) is 0 Å². The molecule has 0 aliphatic rings. The third-order valence-corrected chi connectivity index (χ3v) is 3.50. The molecule has 106 valence electrons. The maximum atomic E-state index is 9.71. The van der Waals surface area contributed by atoms with Crippen LogP contribution in [0.15, 0.2) is 0 Å². The van der Waals surface area contributed by atoms with Gasteiger partial charge in [-0.1, -0.05) is 64.7 Å². The largest absolute Gasteiger partial charge is 0.393 e. The number of unbranched alkanes of at least 4 members (excludes halogenated alkanes) is 9. The average Bonchev–Trinajstić information content (AvgIpc) is 2.37. The lowest BCUT2D eigenvalue weighted by Crippen LogP contribution is -2.05. The Hall–Kier alpha value is -0.480. The summed E-state index contributed by atoms with van der Waals surface area (Å²) in [5, 5.41) is 9.71. The van der Waals surface area contributed by atoms with Crippen LogP contribution in [0.2, 0.25) is 0 Å². The van der Waals surface area contributed by atoms with E-state index in [1.807, 2.05) is 0 Å². The summed E-state index contributed by atoms with van der Waals surface area (Å²) in [6.07, 6.45) is 20.8. The van der Waals surface area contributed by atoms with Crippen LogP contribution >= 0.6 is 0 Å². The van der Waals surface area contributed by atoms with Crippen molar-refractivity contribution < 1.29 is 5.11 Å². The van der Waals surface area contributed by atoms with Crippen LogP contribution < -0.4 is 0 Å². The standard InChI is InChI=1S/C17H32O/c1-3-5-7-8-9-10-11-12-14-16-17(18)15-13-6-4-2/h2,17-18H,3,5-16H2,1H3. The van der Waals surface area contributed by atoms with Gasteiger partial charge in [0.15, 0.2) is 0 Å². The minimum atomic E-state index is -0.122. The maximum Gasteiger partial charge on any atom is 0.0540 e. The van der Waals surface area contributed by atoms with E-state index >= 15 is 0 Å². The molecule has 0 bridgehead atoms. The first-order valence-corrected chi connectivity index (χ1v) is 7.92. The number of hydrogen-bond donors (Lipinski definition) is 1. The summed E-state index contributed by atoms with van der Waals surface area (Å²) in [5.74, 6) is 2.62. The summed E-state index contributed by atoms with van der Waals surface area (Å²) in [6, 6.07) is 0. The third kappa shape index (κ3) is 13.6. The van der Waals surface area contributed by atoms with Gasteiger partial charge in [0.05, 0.1) is 6.10 Å². The van der Waals surface area contributed by atoms with Crippen molar-refractivity contribution >= 4 is 0 Å². The van der Waals surface area contributed by atoms with Gasteiger partial charge in [0.25, 0.3) is 0 Å². The van der Waals surface area contributed by atoms with Crippen molar-refractivity contribution in [2.45, 2.75) is 96.5 Å². The highest BCUT2D eigenvalue weighted by molar-refractivity contribution is 4.83. The van der Waals surface area contributed by atoms with Gasteiger partial charge in [0.1, 0.15) is 0 Å². The molecule has 1 unspecified atom stereocenters. The van der Waals surface area contributed by atoms with Crippen molar-refractivity contribution in [3.05, 3.63) is 0 Å².